The first-order valence-electron chi connectivity index (χ1n) is 10.4. The molecule has 0 saturated heterocycles. The third kappa shape index (κ3) is 2.69. The number of carbonyl (C=O) groups excluding carboxylic acids is 5. The molecule has 1 aromatic carbocycles. The summed E-state index contributed by atoms with van der Waals surface area (Å²) in [4.78, 5) is 66.6. The quantitative estimate of drug-likeness (QED) is 0.187. The molecule has 33 heavy (non-hydrogen) atoms. The van der Waals surface area contributed by atoms with Crippen LogP contribution < -0.4 is 11.5 Å². The van der Waals surface area contributed by atoms with E-state index in [9.17, 15) is 39.3 Å². The number of carbonyl (C=O) groups is 5. The SMILES string of the molecule is C[C@H]1c2c(N)ccc(O)c2C(=O)C2C(=O)[C@]3(O)C(=O)C(C(N)=O)C(=O)[C@@H](N(C)C)[C@@H]3[C@@H](O)[C@@H]21. The molecule has 1 aromatic rings. The average Bonchev–Trinajstić information content (AvgIpc) is 2.72. The van der Waals surface area contributed by atoms with Crippen LogP contribution in [-0.4, -0.2) is 81.1 Å². The molecule has 176 valence electrons. The second kappa shape index (κ2) is 7.17. The molecule has 3 aliphatic carbocycles. The summed E-state index contributed by atoms with van der Waals surface area (Å²) >= 11 is 0. The van der Waals surface area contributed by atoms with E-state index in [0.717, 1.165) is 0 Å². The van der Waals surface area contributed by atoms with Gasteiger partial charge in [0.05, 0.1) is 29.5 Å². The average molecular weight is 459 g/mol. The summed E-state index contributed by atoms with van der Waals surface area (Å²) in [7, 11) is 2.86. The molecule has 0 spiro atoms. The van der Waals surface area contributed by atoms with E-state index in [1.165, 1.54) is 31.1 Å². The molecule has 0 heterocycles. The van der Waals surface area contributed by atoms with Gasteiger partial charge in [-0.3, -0.25) is 28.9 Å². The number of phenolic OH excluding ortho intramolecular Hbond substituents is 1. The van der Waals surface area contributed by atoms with Crippen LogP contribution in [0.1, 0.15) is 28.8 Å². The van der Waals surface area contributed by atoms with Gasteiger partial charge in [-0.2, -0.15) is 0 Å². The van der Waals surface area contributed by atoms with E-state index in [0.29, 0.717) is 0 Å². The van der Waals surface area contributed by atoms with Crippen molar-refractivity contribution in [3.05, 3.63) is 23.3 Å². The van der Waals surface area contributed by atoms with Gasteiger partial charge in [0.1, 0.15) is 5.75 Å². The minimum absolute atomic E-state index is 0.163. The highest BCUT2D eigenvalue weighted by molar-refractivity contribution is 6.32. The van der Waals surface area contributed by atoms with Crippen LogP contribution in [-0.2, 0) is 19.2 Å². The monoisotopic (exact) mass is 459 g/mol. The third-order valence-corrected chi connectivity index (χ3v) is 7.50. The second-order valence-corrected chi connectivity index (χ2v) is 9.33. The van der Waals surface area contributed by atoms with E-state index in [2.05, 4.69) is 0 Å². The molecule has 0 aromatic heterocycles. The molecule has 0 aliphatic heterocycles. The number of amides is 1. The molecule has 4 rings (SSSR count). The maximum atomic E-state index is 13.7. The van der Waals surface area contributed by atoms with Gasteiger partial charge in [-0.15, -0.1) is 0 Å². The Morgan fingerprint density at radius 2 is 1.73 bits per heavy atom. The van der Waals surface area contributed by atoms with Gasteiger partial charge in [0.25, 0.3) is 0 Å². The lowest BCUT2D eigenvalue weighted by molar-refractivity contribution is -0.196. The van der Waals surface area contributed by atoms with Crippen LogP contribution in [0.15, 0.2) is 12.1 Å². The molecule has 2 unspecified atom stereocenters. The molecule has 1 amide bonds. The number of hydrogen-bond acceptors (Lipinski definition) is 10. The summed E-state index contributed by atoms with van der Waals surface area (Å²) in [6.07, 6.45) is -1.68. The molecular weight excluding hydrogens is 434 g/mol. The van der Waals surface area contributed by atoms with Crippen molar-refractivity contribution in [2.75, 3.05) is 19.8 Å². The summed E-state index contributed by atoms with van der Waals surface area (Å²) < 4.78 is 0. The van der Waals surface area contributed by atoms with E-state index in [1.54, 1.807) is 6.92 Å². The van der Waals surface area contributed by atoms with Crippen LogP contribution in [0.4, 0.5) is 5.69 Å². The molecule has 7 N–H and O–H groups in total. The second-order valence-electron chi connectivity index (χ2n) is 9.33. The summed E-state index contributed by atoms with van der Waals surface area (Å²) in [6.45, 7) is 1.60. The molecule has 8 atom stereocenters. The Morgan fingerprint density at radius 3 is 2.27 bits per heavy atom. The van der Waals surface area contributed by atoms with Gasteiger partial charge in [-0.1, -0.05) is 6.92 Å². The lowest BCUT2D eigenvalue weighted by Gasteiger charge is -2.56. The summed E-state index contributed by atoms with van der Waals surface area (Å²) in [6, 6.07) is 1.17. The number of ketones is 4. The molecule has 11 nitrogen and oxygen atoms in total. The predicted octanol–water partition coefficient (Wildman–Crippen LogP) is -2.02. The van der Waals surface area contributed by atoms with Crippen LogP contribution >= 0.6 is 0 Å². The largest absolute Gasteiger partial charge is 0.507 e. The first-order valence-corrected chi connectivity index (χ1v) is 10.4. The van der Waals surface area contributed by atoms with Crippen molar-refractivity contribution in [1.29, 1.82) is 0 Å². The van der Waals surface area contributed by atoms with Crippen molar-refractivity contribution in [3.63, 3.8) is 0 Å². The zero-order valence-electron chi connectivity index (χ0n) is 18.2. The molecule has 3 aliphatic rings. The number of rotatable bonds is 2. The lowest BCUT2D eigenvalue weighted by Crippen LogP contribution is -2.77. The van der Waals surface area contributed by atoms with Crippen LogP contribution in [0.3, 0.4) is 0 Å². The van der Waals surface area contributed by atoms with Gasteiger partial charge >= 0.3 is 0 Å². The standard InChI is InChI=1S/C22H25N3O8/c1-6-9-7(23)4-5-8(26)11(9)16(27)12-10(6)17(28)14-15(25(2)3)18(29)13(21(24)32)20(31)22(14,33)19(12)30/h4-6,10,12-15,17,26,28,33H,23H2,1-3H3,(H2,24,32)/t6-,10+,12?,13?,14+,15-,17-,22-/m0/s1. The van der Waals surface area contributed by atoms with Crippen molar-refractivity contribution in [2.45, 2.75) is 30.6 Å². The van der Waals surface area contributed by atoms with Crippen LogP contribution in [0.2, 0.25) is 0 Å². The van der Waals surface area contributed by atoms with Crippen molar-refractivity contribution in [1.82, 2.24) is 4.90 Å². The van der Waals surface area contributed by atoms with E-state index in [1.807, 2.05) is 0 Å². The maximum Gasteiger partial charge on any atom is 0.235 e. The fourth-order valence-corrected chi connectivity index (χ4v) is 6.10. The molecule has 0 radical (unpaired) electrons. The Hall–Kier alpha value is -3.15. The van der Waals surface area contributed by atoms with Crippen molar-refractivity contribution >= 4 is 34.7 Å². The normalized spacial score (nSPS) is 38.1. The molecule has 2 saturated carbocycles. The number of nitrogen functional groups attached to an aromatic ring is 1. The lowest BCUT2D eigenvalue weighted by atomic mass is 9.49. The minimum Gasteiger partial charge on any atom is -0.507 e. The fraction of sp³-hybridized carbons (Fsp3) is 0.500. The predicted molar refractivity (Wildman–Crippen MR) is 112 cm³/mol. The Bertz CT molecular complexity index is 1130. The number of nitrogens with two attached hydrogens (primary N) is 2. The Morgan fingerprint density at radius 1 is 1.12 bits per heavy atom. The summed E-state index contributed by atoms with van der Waals surface area (Å²) in [5, 5.41) is 33.2. The van der Waals surface area contributed by atoms with Gasteiger partial charge in [-0.25, -0.2) is 0 Å². The minimum atomic E-state index is -3.01. The molecular formula is C22H25N3O8. The Balaban J connectivity index is 1.98. The molecule has 2 fully saturated rings. The highest BCUT2D eigenvalue weighted by atomic mass is 16.3. The highest BCUT2D eigenvalue weighted by Crippen LogP contribution is 2.55. The fourth-order valence-electron chi connectivity index (χ4n) is 6.10. The topological polar surface area (TPSA) is 201 Å². The van der Waals surface area contributed by atoms with Gasteiger partial charge in [0.2, 0.25) is 5.91 Å². The number of Topliss-reactive ketones (excluding diaryl/α,β-unsaturated/α-hetero) is 4. The van der Waals surface area contributed by atoms with E-state index >= 15 is 0 Å². The van der Waals surface area contributed by atoms with Crippen LogP contribution in [0.5, 0.6) is 5.75 Å². The number of aliphatic hydroxyl groups is 2. The molecule has 11 heteroatoms. The number of benzene rings is 1. The summed E-state index contributed by atoms with van der Waals surface area (Å²) in [5.41, 5.74) is 8.47. The van der Waals surface area contributed by atoms with Gasteiger partial charge in [-0.05, 0) is 37.7 Å². The number of aliphatic hydroxyl groups excluding tert-OH is 1. The van der Waals surface area contributed by atoms with E-state index in [-0.39, 0.29) is 16.8 Å². The Kier molecular flexibility index (Phi) is 5.00. The third-order valence-electron chi connectivity index (χ3n) is 7.50. The highest BCUT2D eigenvalue weighted by Gasteiger charge is 2.72. The van der Waals surface area contributed by atoms with Crippen molar-refractivity contribution < 1.29 is 39.3 Å². The zero-order valence-corrected chi connectivity index (χ0v) is 18.2. The first kappa shape index (κ1) is 23.0. The number of fused-ring (bicyclic) bond motifs is 3. The zero-order chi connectivity index (χ0) is 24.7. The van der Waals surface area contributed by atoms with E-state index < -0.39 is 82.1 Å². The summed E-state index contributed by atoms with van der Waals surface area (Å²) in [5.74, 6) is -13.7. The van der Waals surface area contributed by atoms with Crippen LogP contribution in [0, 0.1) is 23.7 Å². The number of likely N-dealkylation sites (N-methyl/N-ethyl adjacent to an activating group) is 1. The number of nitrogens with zero attached hydrogens (tertiary/aromatic N) is 1. The van der Waals surface area contributed by atoms with Crippen molar-refractivity contribution in [3.8, 4) is 5.75 Å². The maximum absolute atomic E-state index is 13.7. The van der Waals surface area contributed by atoms with E-state index in [4.69, 9.17) is 11.5 Å². The van der Waals surface area contributed by atoms with Crippen molar-refractivity contribution in [2.24, 2.45) is 29.4 Å². The Labute approximate surface area is 188 Å². The number of anilines is 1. The smallest absolute Gasteiger partial charge is 0.235 e. The molecule has 0 bridgehead atoms. The number of primary amides is 1. The number of phenols is 1. The number of hydrogen-bond donors (Lipinski definition) is 5. The first-order chi connectivity index (χ1) is 15.3. The van der Waals surface area contributed by atoms with Crippen LogP contribution in [0.25, 0.3) is 0 Å². The van der Waals surface area contributed by atoms with Gasteiger partial charge < -0.3 is 26.8 Å². The van der Waals surface area contributed by atoms with Gasteiger partial charge in [0, 0.05) is 11.6 Å². The number of aromatic hydroxyl groups is 1. The van der Waals surface area contributed by atoms with Gasteiger partial charge in [0.15, 0.2) is 34.7 Å².